The second-order valence-corrected chi connectivity index (χ2v) is 8.48. The fraction of sp³-hybridized carbons (Fsp3) is 0.571. The Balaban J connectivity index is 2.16. The molecule has 1 nitrogen and oxygen atoms in total. The lowest BCUT2D eigenvalue weighted by molar-refractivity contribution is 0.637. The van der Waals surface area contributed by atoms with Crippen LogP contribution in [0.4, 0.5) is 5.69 Å². The van der Waals surface area contributed by atoms with E-state index in [1.807, 2.05) is 0 Å². The molecule has 0 unspecified atom stereocenters. The van der Waals surface area contributed by atoms with Crippen molar-refractivity contribution in [2.45, 2.75) is 30.3 Å². The minimum atomic E-state index is 0.414. The van der Waals surface area contributed by atoms with Crippen molar-refractivity contribution in [3.05, 3.63) is 28.2 Å². The Morgan fingerprint density at radius 3 is 2.78 bits per heavy atom. The van der Waals surface area contributed by atoms with Gasteiger partial charge in [0.15, 0.2) is 0 Å². The molecule has 1 aliphatic rings. The van der Waals surface area contributed by atoms with Gasteiger partial charge in [-0.3, -0.25) is 0 Å². The molecule has 0 bridgehead atoms. The highest BCUT2D eigenvalue weighted by atomic mass is 79.9. The van der Waals surface area contributed by atoms with Gasteiger partial charge in [0.2, 0.25) is 0 Å². The van der Waals surface area contributed by atoms with Crippen LogP contribution in [-0.4, -0.2) is 23.6 Å². The number of halogens is 2. The van der Waals surface area contributed by atoms with Crippen LogP contribution in [0.25, 0.3) is 0 Å². The third-order valence-electron chi connectivity index (χ3n) is 3.34. The van der Waals surface area contributed by atoms with Gasteiger partial charge in [-0.25, -0.2) is 0 Å². The summed E-state index contributed by atoms with van der Waals surface area (Å²) in [6.07, 6.45) is 1.24. The number of alkyl halides is 1. The van der Waals surface area contributed by atoms with E-state index in [1.165, 1.54) is 27.9 Å². The predicted octanol–water partition coefficient (Wildman–Crippen LogP) is 5.07. The first-order chi connectivity index (χ1) is 8.52. The normalized spacial score (nSPS) is 19.7. The van der Waals surface area contributed by atoms with Crippen LogP contribution < -0.4 is 4.90 Å². The number of benzene rings is 1. The number of anilines is 1. The Morgan fingerprint density at radius 1 is 1.33 bits per heavy atom. The van der Waals surface area contributed by atoms with Crippen molar-refractivity contribution in [3.8, 4) is 0 Å². The molecular formula is C14H19Br2NS. The molecule has 1 saturated heterocycles. The summed E-state index contributed by atoms with van der Waals surface area (Å²) in [5.41, 5.74) is 2.65. The maximum Gasteiger partial charge on any atom is 0.0511 e. The maximum atomic E-state index is 3.71. The van der Waals surface area contributed by atoms with Crippen molar-refractivity contribution in [2.75, 3.05) is 23.7 Å². The number of hydrogen-bond donors (Lipinski definition) is 0. The highest BCUT2D eigenvalue weighted by Gasteiger charge is 2.24. The van der Waals surface area contributed by atoms with Crippen molar-refractivity contribution in [1.82, 2.24) is 0 Å². The van der Waals surface area contributed by atoms with Crippen molar-refractivity contribution >= 4 is 49.3 Å². The molecule has 1 aromatic carbocycles. The Bertz CT molecular complexity index is 420. The monoisotopic (exact) mass is 391 g/mol. The van der Waals surface area contributed by atoms with Crippen LogP contribution in [0.1, 0.15) is 25.8 Å². The number of hydrogen-bond acceptors (Lipinski definition) is 2. The summed E-state index contributed by atoms with van der Waals surface area (Å²) in [5, 5.41) is 0.911. The van der Waals surface area contributed by atoms with E-state index in [2.05, 4.69) is 80.6 Å². The molecular weight excluding hydrogens is 374 g/mol. The molecule has 0 amide bonds. The number of nitrogens with zero attached hydrogens (tertiary/aromatic N) is 1. The molecule has 1 fully saturated rings. The van der Waals surface area contributed by atoms with E-state index in [0.717, 1.165) is 18.4 Å². The van der Waals surface area contributed by atoms with E-state index >= 15 is 0 Å². The van der Waals surface area contributed by atoms with Crippen LogP contribution >= 0.6 is 43.6 Å². The molecule has 4 heteroatoms. The zero-order chi connectivity index (χ0) is 13.2. The standard InChI is InChI=1S/C14H19Br2NS/c1-14(2)5-6-17(7-8-18-14)13-4-3-11(10-15)9-12(13)16/h3-4,9H,5-8,10H2,1-2H3. The summed E-state index contributed by atoms with van der Waals surface area (Å²) < 4.78 is 1.63. The Kier molecular flexibility index (Phi) is 5.06. The lowest BCUT2D eigenvalue weighted by atomic mass is 10.1. The van der Waals surface area contributed by atoms with Crippen molar-refractivity contribution in [1.29, 1.82) is 0 Å². The smallest absolute Gasteiger partial charge is 0.0511 e. The lowest BCUT2D eigenvalue weighted by Crippen LogP contribution is -2.27. The molecule has 0 radical (unpaired) electrons. The van der Waals surface area contributed by atoms with Crippen LogP contribution in [0.2, 0.25) is 0 Å². The molecule has 1 heterocycles. The molecule has 2 rings (SSSR count). The van der Waals surface area contributed by atoms with Gasteiger partial charge in [-0.05, 0) is 40.0 Å². The first-order valence-electron chi connectivity index (χ1n) is 6.25. The summed E-state index contributed by atoms with van der Waals surface area (Å²) in [5.74, 6) is 1.21. The Labute approximate surface area is 131 Å². The Morgan fingerprint density at radius 2 is 2.11 bits per heavy atom. The largest absolute Gasteiger partial charge is 0.370 e. The fourth-order valence-electron chi connectivity index (χ4n) is 2.15. The minimum absolute atomic E-state index is 0.414. The first kappa shape index (κ1) is 14.7. The highest BCUT2D eigenvalue weighted by molar-refractivity contribution is 9.10. The van der Waals surface area contributed by atoms with E-state index in [9.17, 15) is 0 Å². The summed E-state index contributed by atoms with van der Waals surface area (Å²) in [7, 11) is 0. The molecule has 0 aromatic heterocycles. The number of rotatable bonds is 2. The van der Waals surface area contributed by atoms with Crippen molar-refractivity contribution < 1.29 is 0 Å². The quantitative estimate of drug-likeness (QED) is 0.646. The van der Waals surface area contributed by atoms with E-state index in [1.54, 1.807) is 0 Å². The van der Waals surface area contributed by atoms with Crippen LogP contribution in [0.3, 0.4) is 0 Å². The van der Waals surface area contributed by atoms with Gasteiger partial charge in [-0.2, -0.15) is 11.8 Å². The second-order valence-electron chi connectivity index (χ2n) is 5.26. The molecule has 0 atom stereocenters. The predicted molar refractivity (Wildman–Crippen MR) is 90.1 cm³/mol. The van der Waals surface area contributed by atoms with Crippen LogP contribution in [0.5, 0.6) is 0 Å². The summed E-state index contributed by atoms with van der Waals surface area (Å²) in [4.78, 5) is 2.50. The summed E-state index contributed by atoms with van der Waals surface area (Å²) in [6.45, 7) is 6.99. The van der Waals surface area contributed by atoms with Crippen LogP contribution in [-0.2, 0) is 5.33 Å². The lowest BCUT2D eigenvalue weighted by Gasteiger charge is -2.25. The molecule has 0 N–H and O–H groups in total. The van der Waals surface area contributed by atoms with Gasteiger partial charge in [0, 0.05) is 33.4 Å². The van der Waals surface area contributed by atoms with E-state index in [0.29, 0.717) is 4.75 Å². The molecule has 100 valence electrons. The Hall–Kier alpha value is 0.330. The highest BCUT2D eigenvalue weighted by Crippen LogP contribution is 2.35. The fourth-order valence-corrected chi connectivity index (χ4v) is 4.28. The zero-order valence-corrected chi connectivity index (χ0v) is 14.9. The van der Waals surface area contributed by atoms with E-state index in [-0.39, 0.29) is 0 Å². The van der Waals surface area contributed by atoms with Crippen LogP contribution in [0, 0.1) is 0 Å². The molecule has 1 aromatic rings. The van der Waals surface area contributed by atoms with Crippen molar-refractivity contribution in [3.63, 3.8) is 0 Å². The molecule has 0 spiro atoms. The SMILES string of the molecule is CC1(C)CCN(c2ccc(CBr)cc2Br)CCS1. The van der Waals surface area contributed by atoms with Gasteiger partial charge in [-0.1, -0.05) is 35.8 Å². The van der Waals surface area contributed by atoms with Crippen molar-refractivity contribution in [2.24, 2.45) is 0 Å². The topological polar surface area (TPSA) is 3.24 Å². The summed E-state index contributed by atoms with van der Waals surface area (Å²) >= 11 is 9.30. The average Bonchev–Trinajstić information content (AvgIpc) is 2.50. The van der Waals surface area contributed by atoms with Crippen LogP contribution in [0.15, 0.2) is 22.7 Å². The third-order valence-corrected chi connectivity index (χ3v) is 6.00. The number of thioether (sulfide) groups is 1. The molecule has 1 aliphatic heterocycles. The molecule has 18 heavy (non-hydrogen) atoms. The first-order valence-corrected chi connectivity index (χ1v) is 9.15. The third kappa shape index (κ3) is 3.67. The van der Waals surface area contributed by atoms with E-state index in [4.69, 9.17) is 0 Å². The second kappa shape index (κ2) is 6.19. The molecule has 0 aliphatic carbocycles. The maximum absolute atomic E-state index is 3.71. The minimum Gasteiger partial charge on any atom is -0.370 e. The van der Waals surface area contributed by atoms with E-state index < -0.39 is 0 Å². The summed E-state index contributed by atoms with van der Waals surface area (Å²) in [6, 6.07) is 6.66. The van der Waals surface area contributed by atoms with Gasteiger partial charge in [0.1, 0.15) is 0 Å². The van der Waals surface area contributed by atoms with Gasteiger partial charge in [-0.15, -0.1) is 0 Å². The van der Waals surface area contributed by atoms with Gasteiger partial charge in [0.25, 0.3) is 0 Å². The van der Waals surface area contributed by atoms with Gasteiger partial charge in [0.05, 0.1) is 5.69 Å². The zero-order valence-electron chi connectivity index (χ0n) is 10.9. The average molecular weight is 393 g/mol. The van der Waals surface area contributed by atoms with Gasteiger partial charge >= 0.3 is 0 Å². The molecule has 0 saturated carbocycles. The van der Waals surface area contributed by atoms with Gasteiger partial charge < -0.3 is 4.90 Å².